The first-order valence-electron chi connectivity index (χ1n) is 6.20. The summed E-state index contributed by atoms with van der Waals surface area (Å²) < 4.78 is 0. The van der Waals surface area contributed by atoms with Gasteiger partial charge in [0.25, 0.3) is 0 Å². The highest BCUT2D eigenvalue weighted by Gasteiger charge is 2.16. The average molecular weight is 234 g/mol. The summed E-state index contributed by atoms with van der Waals surface area (Å²) in [5.74, 6) is 0.0256. The van der Waals surface area contributed by atoms with Gasteiger partial charge < -0.3 is 11.1 Å². The second kappa shape index (κ2) is 6.40. The quantitative estimate of drug-likeness (QED) is 0.822. The Morgan fingerprint density at radius 2 is 1.88 bits per heavy atom. The largest absolute Gasteiger partial charge is 0.325 e. The maximum absolute atomic E-state index is 11.7. The standard InChI is InChI=1S/C14H22N2O/c1-4-5-11-6-8-12(9-7-11)16-14(17)13(15)10(2)3/h6-10,13H,4-5,15H2,1-3H3,(H,16,17)/t13-/m0/s1. The minimum absolute atomic E-state index is 0.122. The van der Waals surface area contributed by atoms with E-state index < -0.39 is 6.04 Å². The van der Waals surface area contributed by atoms with Crippen molar-refractivity contribution in [2.75, 3.05) is 5.32 Å². The van der Waals surface area contributed by atoms with Crippen molar-refractivity contribution in [1.29, 1.82) is 0 Å². The Hall–Kier alpha value is -1.35. The van der Waals surface area contributed by atoms with Crippen LogP contribution < -0.4 is 11.1 Å². The van der Waals surface area contributed by atoms with E-state index >= 15 is 0 Å². The number of hydrogen-bond donors (Lipinski definition) is 2. The fraction of sp³-hybridized carbons (Fsp3) is 0.500. The van der Waals surface area contributed by atoms with Gasteiger partial charge in [-0.25, -0.2) is 0 Å². The zero-order valence-corrected chi connectivity index (χ0v) is 10.9. The molecule has 1 atom stereocenters. The molecule has 0 aliphatic carbocycles. The number of carbonyl (C=O) groups excluding carboxylic acids is 1. The summed E-state index contributed by atoms with van der Waals surface area (Å²) in [5.41, 5.74) is 7.87. The number of aryl methyl sites for hydroxylation is 1. The summed E-state index contributed by atoms with van der Waals surface area (Å²) in [6.07, 6.45) is 2.20. The molecule has 3 nitrogen and oxygen atoms in total. The van der Waals surface area contributed by atoms with Gasteiger partial charge in [0.05, 0.1) is 6.04 Å². The molecule has 1 aromatic carbocycles. The normalized spacial score (nSPS) is 12.5. The van der Waals surface area contributed by atoms with Gasteiger partial charge in [0.2, 0.25) is 5.91 Å². The van der Waals surface area contributed by atoms with Crippen molar-refractivity contribution in [2.45, 2.75) is 39.7 Å². The molecule has 0 aliphatic heterocycles. The van der Waals surface area contributed by atoms with Gasteiger partial charge in [-0.1, -0.05) is 39.3 Å². The number of anilines is 1. The van der Waals surface area contributed by atoms with Gasteiger partial charge in [0.15, 0.2) is 0 Å². The van der Waals surface area contributed by atoms with Crippen LogP contribution in [0.25, 0.3) is 0 Å². The Bertz CT molecular complexity index is 357. The third-order valence-corrected chi connectivity index (χ3v) is 2.78. The maximum Gasteiger partial charge on any atom is 0.241 e. The van der Waals surface area contributed by atoms with Crippen LogP contribution >= 0.6 is 0 Å². The number of amides is 1. The molecule has 1 rings (SSSR count). The molecule has 0 spiro atoms. The molecule has 0 fully saturated rings. The third-order valence-electron chi connectivity index (χ3n) is 2.78. The zero-order valence-electron chi connectivity index (χ0n) is 10.9. The van der Waals surface area contributed by atoms with E-state index in [2.05, 4.69) is 12.2 Å². The zero-order chi connectivity index (χ0) is 12.8. The summed E-state index contributed by atoms with van der Waals surface area (Å²) in [6.45, 7) is 6.03. The molecule has 0 bridgehead atoms. The summed E-state index contributed by atoms with van der Waals surface area (Å²) in [7, 11) is 0. The molecule has 1 amide bonds. The predicted octanol–water partition coefficient (Wildman–Crippen LogP) is 2.56. The Kier molecular flexibility index (Phi) is 5.16. The fourth-order valence-corrected chi connectivity index (χ4v) is 1.57. The molecule has 3 heteroatoms. The summed E-state index contributed by atoms with van der Waals surface area (Å²) in [5, 5.41) is 2.83. The number of nitrogens with two attached hydrogens (primary N) is 1. The van der Waals surface area contributed by atoms with Crippen molar-refractivity contribution < 1.29 is 4.79 Å². The molecule has 0 radical (unpaired) electrons. The lowest BCUT2D eigenvalue weighted by atomic mass is 10.0. The van der Waals surface area contributed by atoms with E-state index in [1.165, 1.54) is 5.56 Å². The van der Waals surface area contributed by atoms with Crippen LogP contribution in [-0.4, -0.2) is 11.9 Å². The number of hydrogen-bond acceptors (Lipinski definition) is 2. The Morgan fingerprint density at radius 3 is 2.35 bits per heavy atom. The number of rotatable bonds is 5. The molecule has 1 aromatic rings. The molecule has 3 N–H and O–H groups in total. The van der Waals surface area contributed by atoms with Gasteiger partial charge in [-0.2, -0.15) is 0 Å². The predicted molar refractivity (Wildman–Crippen MR) is 71.9 cm³/mol. The molecular weight excluding hydrogens is 212 g/mol. The van der Waals surface area contributed by atoms with Crippen molar-refractivity contribution in [1.82, 2.24) is 0 Å². The van der Waals surface area contributed by atoms with Gasteiger partial charge >= 0.3 is 0 Å². The van der Waals surface area contributed by atoms with E-state index in [1.807, 2.05) is 38.1 Å². The molecular formula is C14H22N2O. The average Bonchev–Trinajstić information content (AvgIpc) is 2.30. The molecule has 0 aromatic heterocycles. The third kappa shape index (κ3) is 4.19. The van der Waals surface area contributed by atoms with Gasteiger partial charge in [0.1, 0.15) is 0 Å². The van der Waals surface area contributed by atoms with Gasteiger partial charge in [-0.3, -0.25) is 4.79 Å². The van der Waals surface area contributed by atoms with Crippen LogP contribution in [0.2, 0.25) is 0 Å². The Labute approximate surface area is 103 Å². The molecule has 17 heavy (non-hydrogen) atoms. The van der Waals surface area contributed by atoms with Crippen molar-refractivity contribution >= 4 is 11.6 Å². The second-order valence-corrected chi connectivity index (χ2v) is 4.71. The van der Waals surface area contributed by atoms with E-state index in [-0.39, 0.29) is 11.8 Å². The lowest BCUT2D eigenvalue weighted by Gasteiger charge is -2.15. The lowest BCUT2D eigenvalue weighted by molar-refractivity contribution is -0.118. The molecule has 0 unspecified atom stereocenters. The minimum atomic E-state index is -0.453. The number of benzene rings is 1. The van der Waals surface area contributed by atoms with Crippen LogP contribution in [-0.2, 0) is 11.2 Å². The SMILES string of the molecule is CCCc1ccc(NC(=O)[C@@H](N)C(C)C)cc1. The maximum atomic E-state index is 11.7. The van der Waals surface area contributed by atoms with E-state index in [0.29, 0.717) is 0 Å². The summed E-state index contributed by atoms with van der Waals surface area (Å²) in [6, 6.07) is 7.48. The van der Waals surface area contributed by atoms with E-state index in [0.717, 1.165) is 18.5 Å². The first kappa shape index (κ1) is 13.7. The highest BCUT2D eigenvalue weighted by atomic mass is 16.2. The molecule has 0 aliphatic rings. The van der Waals surface area contributed by atoms with E-state index in [4.69, 9.17) is 5.73 Å². The van der Waals surface area contributed by atoms with Crippen molar-refractivity contribution in [3.05, 3.63) is 29.8 Å². The first-order valence-corrected chi connectivity index (χ1v) is 6.20. The van der Waals surface area contributed by atoms with Crippen LogP contribution in [0.3, 0.4) is 0 Å². The van der Waals surface area contributed by atoms with Crippen LogP contribution in [0.5, 0.6) is 0 Å². The molecule has 0 saturated carbocycles. The van der Waals surface area contributed by atoms with Crippen LogP contribution in [0.4, 0.5) is 5.69 Å². The summed E-state index contributed by atoms with van der Waals surface area (Å²) in [4.78, 5) is 11.7. The van der Waals surface area contributed by atoms with Crippen LogP contribution in [0.15, 0.2) is 24.3 Å². The highest BCUT2D eigenvalue weighted by Crippen LogP contribution is 2.12. The molecule has 0 saturated heterocycles. The summed E-state index contributed by atoms with van der Waals surface area (Å²) >= 11 is 0. The van der Waals surface area contributed by atoms with Gasteiger partial charge in [-0.15, -0.1) is 0 Å². The van der Waals surface area contributed by atoms with Crippen LogP contribution in [0, 0.1) is 5.92 Å². The van der Waals surface area contributed by atoms with Gasteiger partial charge in [-0.05, 0) is 30.0 Å². The van der Waals surface area contributed by atoms with Crippen molar-refractivity contribution in [3.8, 4) is 0 Å². The molecule has 94 valence electrons. The van der Waals surface area contributed by atoms with Gasteiger partial charge in [0, 0.05) is 5.69 Å². The number of nitrogens with one attached hydrogen (secondary N) is 1. The smallest absolute Gasteiger partial charge is 0.241 e. The monoisotopic (exact) mass is 234 g/mol. The first-order chi connectivity index (χ1) is 8.04. The fourth-order valence-electron chi connectivity index (χ4n) is 1.57. The van der Waals surface area contributed by atoms with Crippen molar-refractivity contribution in [2.24, 2.45) is 11.7 Å². The minimum Gasteiger partial charge on any atom is -0.325 e. The van der Waals surface area contributed by atoms with Crippen molar-refractivity contribution in [3.63, 3.8) is 0 Å². The lowest BCUT2D eigenvalue weighted by Crippen LogP contribution is -2.39. The van der Waals surface area contributed by atoms with Crippen LogP contribution in [0.1, 0.15) is 32.8 Å². The van der Waals surface area contributed by atoms with E-state index in [9.17, 15) is 4.79 Å². The molecule has 0 heterocycles. The highest BCUT2D eigenvalue weighted by molar-refractivity contribution is 5.94. The Balaban J connectivity index is 2.60. The Morgan fingerprint density at radius 1 is 1.29 bits per heavy atom. The van der Waals surface area contributed by atoms with E-state index in [1.54, 1.807) is 0 Å². The second-order valence-electron chi connectivity index (χ2n) is 4.71. The number of carbonyl (C=O) groups is 1. The topological polar surface area (TPSA) is 55.1 Å².